The van der Waals surface area contributed by atoms with E-state index in [1.54, 1.807) is 17.1 Å². The van der Waals surface area contributed by atoms with E-state index in [1.165, 1.54) is 4.90 Å². The Hall–Kier alpha value is -2.97. The molecule has 3 heterocycles. The number of esters is 1. The molecule has 4 rings (SSSR count). The molecule has 1 N–H and O–H groups in total. The molecule has 3 aliphatic heterocycles. The fraction of sp³-hybridized carbons (Fsp3) is 0.594. The maximum Gasteiger partial charge on any atom is 0.312 e. The van der Waals surface area contributed by atoms with Crippen molar-refractivity contribution >= 4 is 17.8 Å². The predicted octanol–water partition coefficient (Wildman–Crippen LogP) is 4.20. The predicted molar refractivity (Wildman–Crippen MR) is 152 cm³/mol. The molecule has 3 saturated heterocycles. The van der Waals surface area contributed by atoms with E-state index in [2.05, 4.69) is 20.1 Å². The maximum atomic E-state index is 14.5. The molecule has 6 atom stereocenters. The second kappa shape index (κ2) is 12.7. The summed E-state index contributed by atoms with van der Waals surface area (Å²) in [6.45, 7) is 12.3. The van der Waals surface area contributed by atoms with Crippen LogP contribution < -0.4 is 0 Å². The van der Waals surface area contributed by atoms with E-state index in [9.17, 15) is 19.5 Å². The van der Waals surface area contributed by atoms with Gasteiger partial charge in [-0.3, -0.25) is 14.4 Å². The highest BCUT2D eigenvalue weighted by molar-refractivity contribution is 5.99. The number of fused-ring (bicyclic) bond motifs is 1. The molecule has 2 unspecified atom stereocenters. The van der Waals surface area contributed by atoms with Gasteiger partial charge in [0.2, 0.25) is 11.8 Å². The van der Waals surface area contributed by atoms with E-state index < -0.39 is 41.1 Å². The van der Waals surface area contributed by atoms with E-state index in [-0.39, 0.29) is 25.0 Å². The van der Waals surface area contributed by atoms with Crippen LogP contribution in [0.5, 0.6) is 0 Å². The van der Waals surface area contributed by atoms with Crippen LogP contribution in [0.3, 0.4) is 0 Å². The Labute approximate surface area is 238 Å². The minimum Gasteiger partial charge on any atom is -0.465 e. The molecular weight excluding hydrogens is 508 g/mol. The fourth-order valence-electron chi connectivity index (χ4n) is 7.16. The van der Waals surface area contributed by atoms with Gasteiger partial charge in [-0.05, 0) is 37.7 Å². The SMILES string of the molecule is C=CCCOC(=O)[C@H]1[C@H]2C(=O)N([C@H](CO)c3ccccc3)C(C(=O)N(CC=C)CCCCC)C23CC[C@]1(CC)O3. The van der Waals surface area contributed by atoms with Gasteiger partial charge in [0.15, 0.2) is 0 Å². The Bertz CT molecular complexity index is 1090. The van der Waals surface area contributed by atoms with E-state index in [4.69, 9.17) is 9.47 Å². The molecule has 0 radical (unpaired) electrons. The lowest BCUT2D eigenvalue weighted by Gasteiger charge is -2.39. The first kappa shape index (κ1) is 30.0. The van der Waals surface area contributed by atoms with Gasteiger partial charge in [-0.25, -0.2) is 0 Å². The van der Waals surface area contributed by atoms with Crippen molar-refractivity contribution in [1.29, 1.82) is 0 Å². The largest absolute Gasteiger partial charge is 0.465 e. The summed E-state index contributed by atoms with van der Waals surface area (Å²) < 4.78 is 12.5. The van der Waals surface area contributed by atoms with Gasteiger partial charge in [-0.1, -0.05) is 69.2 Å². The van der Waals surface area contributed by atoms with Gasteiger partial charge in [0.05, 0.1) is 30.8 Å². The third-order valence-electron chi connectivity index (χ3n) is 9.06. The summed E-state index contributed by atoms with van der Waals surface area (Å²) in [6, 6.07) is 7.50. The fourth-order valence-corrected chi connectivity index (χ4v) is 7.16. The lowest BCUT2D eigenvalue weighted by Crippen LogP contribution is -2.57. The molecule has 0 saturated carbocycles. The number of amides is 2. The molecule has 0 aliphatic carbocycles. The molecule has 1 aromatic carbocycles. The zero-order chi connectivity index (χ0) is 28.9. The van der Waals surface area contributed by atoms with Crippen LogP contribution in [0.2, 0.25) is 0 Å². The number of nitrogens with zero attached hydrogens (tertiary/aromatic N) is 2. The quantitative estimate of drug-likeness (QED) is 0.199. The lowest BCUT2D eigenvalue weighted by molar-refractivity contribution is -0.163. The zero-order valence-electron chi connectivity index (χ0n) is 23.9. The number of rotatable bonds is 15. The van der Waals surface area contributed by atoms with Crippen LogP contribution in [0.4, 0.5) is 0 Å². The number of unbranched alkanes of at least 4 members (excludes halogenated alkanes) is 2. The number of benzene rings is 1. The van der Waals surface area contributed by atoms with Gasteiger partial charge < -0.3 is 24.4 Å². The Balaban J connectivity index is 1.82. The number of carbonyl (C=O) groups is 3. The summed E-state index contributed by atoms with van der Waals surface area (Å²) in [7, 11) is 0. The van der Waals surface area contributed by atoms with Gasteiger partial charge in [0, 0.05) is 13.1 Å². The summed E-state index contributed by atoms with van der Waals surface area (Å²) >= 11 is 0. The van der Waals surface area contributed by atoms with Crippen molar-refractivity contribution in [3.63, 3.8) is 0 Å². The number of carbonyl (C=O) groups excluding carboxylic acids is 3. The third-order valence-corrected chi connectivity index (χ3v) is 9.06. The van der Waals surface area contributed by atoms with Crippen molar-refractivity contribution in [2.45, 2.75) is 82.1 Å². The summed E-state index contributed by atoms with van der Waals surface area (Å²) in [6.07, 6.45) is 8.24. The van der Waals surface area contributed by atoms with Crippen molar-refractivity contribution in [3.05, 3.63) is 61.2 Å². The molecule has 1 spiro atoms. The van der Waals surface area contributed by atoms with Gasteiger partial charge in [0.1, 0.15) is 17.6 Å². The highest BCUT2D eigenvalue weighted by Gasteiger charge is 2.79. The molecule has 2 amide bonds. The Morgan fingerprint density at radius 2 is 1.95 bits per heavy atom. The first-order chi connectivity index (χ1) is 19.4. The summed E-state index contributed by atoms with van der Waals surface area (Å²) in [5, 5.41) is 10.6. The van der Waals surface area contributed by atoms with Crippen molar-refractivity contribution in [2.75, 3.05) is 26.3 Å². The van der Waals surface area contributed by atoms with E-state index >= 15 is 0 Å². The normalized spacial score (nSPS) is 29.2. The first-order valence-corrected chi connectivity index (χ1v) is 14.7. The highest BCUT2D eigenvalue weighted by atomic mass is 16.6. The molecule has 3 fully saturated rings. The van der Waals surface area contributed by atoms with Crippen LogP contribution in [0.1, 0.15) is 70.4 Å². The molecule has 0 aromatic heterocycles. The molecule has 218 valence electrons. The molecule has 3 aliphatic rings. The topological polar surface area (TPSA) is 96.4 Å². The number of hydrogen-bond acceptors (Lipinski definition) is 6. The number of hydrogen-bond donors (Lipinski definition) is 1. The number of aliphatic hydroxyl groups is 1. The standard InChI is InChI=1S/C32H44N2O6/c1-5-9-14-20-33(19-7-3)29(37)27-32-18-17-31(8-4,40-32)26(30(38)39-21-10-6-2)25(32)28(36)34(27)24(22-35)23-15-12-11-13-16-23/h6-7,11-13,15-16,24-27,35H,2-3,5,8-10,14,17-22H2,1,4H3/t24-,25+,26-,27?,31+,32?/m1/s1. The second-order valence-electron chi connectivity index (χ2n) is 11.2. The molecule has 8 nitrogen and oxygen atoms in total. The monoisotopic (exact) mass is 552 g/mol. The van der Waals surface area contributed by atoms with E-state index in [0.717, 1.165) is 24.8 Å². The lowest BCUT2D eigenvalue weighted by atomic mass is 9.65. The highest BCUT2D eigenvalue weighted by Crippen LogP contribution is 2.65. The molecule has 8 heteroatoms. The molecule has 40 heavy (non-hydrogen) atoms. The molecular formula is C32H44N2O6. The minimum absolute atomic E-state index is 0.173. The minimum atomic E-state index is -1.18. The molecule has 2 bridgehead atoms. The number of likely N-dealkylation sites (tertiary alicyclic amines) is 1. The van der Waals surface area contributed by atoms with Gasteiger partial charge in [0.25, 0.3) is 0 Å². The molecule has 1 aromatic rings. The summed E-state index contributed by atoms with van der Waals surface area (Å²) in [5.74, 6) is -2.73. The zero-order valence-corrected chi connectivity index (χ0v) is 23.9. The Kier molecular flexibility index (Phi) is 9.52. The van der Waals surface area contributed by atoms with E-state index in [1.807, 2.05) is 37.3 Å². The van der Waals surface area contributed by atoms with Gasteiger partial charge >= 0.3 is 5.97 Å². The van der Waals surface area contributed by atoms with Gasteiger partial charge in [-0.15, -0.1) is 13.2 Å². The van der Waals surface area contributed by atoms with Crippen LogP contribution in [-0.4, -0.2) is 76.2 Å². The summed E-state index contributed by atoms with van der Waals surface area (Å²) in [5.41, 5.74) is -1.33. The first-order valence-electron chi connectivity index (χ1n) is 14.7. The Morgan fingerprint density at radius 1 is 1.20 bits per heavy atom. The van der Waals surface area contributed by atoms with E-state index in [0.29, 0.717) is 38.8 Å². The average Bonchev–Trinajstić information content (AvgIpc) is 3.57. The summed E-state index contributed by atoms with van der Waals surface area (Å²) in [4.78, 5) is 45.9. The van der Waals surface area contributed by atoms with Gasteiger partial charge in [-0.2, -0.15) is 0 Å². The van der Waals surface area contributed by atoms with Crippen LogP contribution in [-0.2, 0) is 23.9 Å². The second-order valence-corrected chi connectivity index (χ2v) is 11.2. The van der Waals surface area contributed by atoms with Crippen LogP contribution in [0.25, 0.3) is 0 Å². The van der Waals surface area contributed by atoms with Crippen molar-refractivity contribution in [2.24, 2.45) is 11.8 Å². The maximum absolute atomic E-state index is 14.5. The van der Waals surface area contributed by atoms with Crippen molar-refractivity contribution in [3.8, 4) is 0 Å². The van der Waals surface area contributed by atoms with Crippen LogP contribution in [0.15, 0.2) is 55.6 Å². The smallest absolute Gasteiger partial charge is 0.312 e. The van der Waals surface area contributed by atoms with Crippen molar-refractivity contribution in [1.82, 2.24) is 9.80 Å². The third kappa shape index (κ3) is 5.00. The van der Waals surface area contributed by atoms with Crippen LogP contribution in [0, 0.1) is 11.8 Å². The van der Waals surface area contributed by atoms with Crippen molar-refractivity contribution < 1.29 is 29.0 Å². The van der Waals surface area contributed by atoms with Crippen LogP contribution >= 0.6 is 0 Å². The number of ether oxygens (including phenoxy) is 2. The average molecular weight is 553 g/mol. The Morgan fingerprint density at radius 3 is 2.58 bits per heavy atom. The number of aliphatic hydroxyl groups excluding tert-OH is 1.